The van der Waals surface area contributed by atoms with Crippen molar-refractivity contribution in [3.05, 3.63) is 29.2 Å². The molecule has 0 unspecified atom stereocenters. The first-order valence-corrected chi connectivity index (χ1v) is 4.67. The highest BCUT2D eigenvalue weighted by molar-refractivity contribution is 5.88. The second-order valence-corrected chi connectivity index (χ2v) is 3.11. The Balaban J connectivity index is 0.000000399. The van der Waals surface area contributed by atoms with E-state index in [1.54, 1.807) is 24.3 Å². The number of benzene rings is 1. The van der Waals surface area contributed by atoms with E-state index >= 15 is 0 Å². The molecule has 0 aliphatic carbocycles. The van der Waals surface area contributed by atoms with Gasteiger partial charge in [-0.15, -0.1) is 0 Å². The fraction of sp³-hybridized carbons (Fsp3) is 0.200. The molecule has 1 rings (SSSR count). The van der Waals surface area contributed by atoms with Gasteiger partial charge in [0, 0.05) is 24.7 Å². The maximum atomic E-state index is 10.6. The number of diazo groups is 1. The van der Waals surface area contributed by atoms with Crippen LogP contribution < -0.4 is 10.4 Å². The molecule has 102 valence electrons. The van der Waals surface area contributed by atoms with E-state index in [1.165, 1.54) is 6.92 Å². The number of nitrogens with one attached hydrogen (secondary N) is 1. The van der Waals surface area contributed by atoms with Crippen LogP contribution >= 0.6 is 0 Å². The van der Waals surface area contributed by atoms with E-state index in [1.807, 2.05) is 0 Å². The lowest BCUT2D eigenvalue weighted by molar-refractivity contribution is -0.344. The number of hydrogen-bond acceptors (Lipinski definition) is 4. The summed E-state index contributed by atoms with van der Waals surface area (Å²) >= 11 is 0. The highest BCUT2D eigenvalue weighted by Gasteiger charge is 2.28. The Kier molecular flexibility index (Phi) is 5.99. The molecule has 1 aromatic rings. The quantitative estimate of drug-likeness (QED) is 0.784. The summed E-state index contributed by atoms with van der Waals surface area (Å²) in [7, 11) is 0. The van der Waals surface area contributed by atoms with Crippen molar-refractivity contribution in [2.45, 2.75) is 13.1 Å². The van der Waals surface area contributed by atoms with E-state index in [2.05, 4.69) is 10.3 Å². The molecule has 1 aromatic carbocycles. The van der Waals surface area contributed by atoms with E-state index in [0.29, 0.717) is 11.4 Å². The zero-order valence-corrected chi connectivity index (χ0v) is 9.56. The van der Waals surface area contributed by atoms with Gasteiger partial charge in [-0.2, -0.15) is 13.2 Å². The molecule has 1 amide bonds. The van der Waals surface area contributed by atoms with Gasteiger partial charge in [0.2, 0.25) is 11.3 Å². The second-order valence-electron chi connectivity index (χ2n) is 3.11. The Bertz CT molecular complexity index is 491. The van der Waals surface area contributed by atoms with Gasteiger partial charge < -0.3 is 15.2 Å². The molecule has 0 fully saturated rings. The zero-order valence-electron chi connectivity index (χ0n) is 9.56. The lowest BCUT2D eigenvalue weighted by atomic mass is 10.3. The van der Waals surface area contributed by atoms with Crippen LogP contribution in [-0.2, 0) is 9.59 Å². The van der Waals surface area contributed by atoms with Crippen LogP contribution in [0.5, 0.6) is 0 Å². The number of carboxylic acids is 1. The van der Waals surface area contributed by atoms with Gasteiger partial charge in [0.25, 0.3) is 0 Å². The summed E-state index contributed by atoms with van der Waals surface area (Å²) in [6.07, 6.45) is -5.19. The number of hydrogen-bond donors (Lipinski definition) is 1. The van der Waals surface area contributed by atoms with Crippen LogP contribution in [0.4, 0.5) is 24.5 Å². The third-order valence-corrected chi connectivity index (χ3v) is 1.53. The van der Waals surface area contributed by atoms with E-state index in [9.17, 15) is 18.0 Å². The predicted octanol–water partition coefficient (Wildman–Crippen LogP) is 1.43. The summed E-state index contributed by atoms with van der Waals surface area (Å²) in [5, 5.41) is 19.7. The summed E-state index contributed by atoms with van der Waals surface area (Å²) in [4.78, 5) is 22.3. The van der Waals surface area contributed by atoms with Crippen LogP contribution in [0.15, 0.2) is 24.3 Å². The Morgan fingerprint density at radius 3 is 1.95 bits per heavy atom. The van der Waals surface area contributed by atoms with Crippen molar-refractivity contribution in [3.63, 3.8) is 0 Å². The van der Waals surface area contributed by atoms with Gasteiger partial charge in [0.1, 0.15) is 5.97 Å². The maximum Gasteiger partial charge on any atom is 0.430 e. The third kappa shape index (κ3) is 7.32. The Labute approximate surface area is 105 Å². The Hall–Kier alpha value is -2.63. The van der Waals surface area contributed by atoms with Crippen molar-refractivity contribution in [3.8, 4) is 0 Å². The molecule has 0 saturated heterocycles. The van der Waals surface area contributed by atoms with Crippen LogP contribution in [0.1, 0.15) is 6.92 Å². The molecule has 0 bridgehead atoms. The normalized spacial score (nSPS) is 9.63. The standard InChI is InChI=1S/C8H7N3O.C2HF3O2/c1-6(12)10-7-2-4-8(11-9)5-3-7;3-2(4,5)1(6)7/h2-5H,1H3;(H,6,7). The first kappa shape index (κ1) is 16.4. The summed E-state index contributed by atoms with van der Waals surface area (Å²) in [6, 6.07) is 6.53. The van der Waals surface area contributed by atoms with Gasteiger partial charge in [0.05, 0.1) is 0 Å². The predicted molar refractivity (Wildman–Crippen MR) is 56.6 cm³/mol. The SMILES string of the molecule is CC(=O)Nc1ccc([N+]#N)cc1.O=C([O-])C(F)(F)F. The first-order chi connectivity index (χ1) is 8.66. The molecule has 1 N–H and O–H groups in total. The van der Waals surface area contributed by atoms with Gasteiger partial charge >= 0.3 is 11.9 Å². The minimum Gasteiger partial charge on any atom is -0.542 e. The van der Waals surface area contributed by atoms with Gasteiger partial charge in [-0.25, -0.2) is 0 Å². The van der Waals surface area contributed by atoms with Gasteiger partial charge in [-0.05, 0) is 12.1 Å². The molecule has 0 aliphatic heterocycles. The Morgan fingerprint density at radius 2 is 1.68 bits per heavy atom. The number of carboxylic acid groups (broad SMARTS) is 1. The minimum atomic E-state index is -5.19. The highest BCUT2D eigenvalue weighted by Crippen LogP contribution is 2.15. The van der Waals surface area contributed by atoms with E-state index in [-0.39, 0.29) is 5.91 Å². The number of halogens is 3. The van der Waals surface area contributed by atoms with Crippen LogP contribution in [0.25, 0.3) is 4.98 Å². The van der Waals surface area contributed by atoms with Crippen molar-refractivity contribution in [2.24, 2.45) is 0 Å². The molecular formula is C10H8F3N3O3. The van der Waals surface area contributed by atoms with Crippen LogP contribution in [0.3, 0.4) is 0 Å². The van der Waals surface area contributed by atoms with E-state index in [4.69, 9.17) is 15.3 Å². The number of rotatable bonds is 1. The number of aliphatic carboxylic acids is 1. The molecular weight excluding hydrogens is 267 g/mol. The first-order valence-electron chi connectivity index (χ1n) is 4.67. The smallest absolute Gasteiger partial charge is 0.430 e. The molecule has 9 heteroatoms. The lowest BCUT2D eigenvalue weighted by Gasteiger charge is -2.03. The zero-order chi connectivity index (χ0) is 15.1. The van der Waals surface area contributed by atoms with E-state index in [0.717, 1.165) is 0 Å². The molecule has 0 aliphatic rings. The average molecular weight is 275 g/mol. The van der Waals surface area contributed by atoms with Crippen LogP contribution in [-0.4, -0.2) is 18.1 Å². The second kappa shape index (κ2) is 6.95. The Morgan fingerprint density at radius 1 is 1.26 bits per heavy atom. The topological polar surface area (TPSA) is 97.4 Å². The molecule has 0 saturated carbocycles. The molecule has 0 spiro atoms. The summed E-state index contributed by atoms with van der Waals surface area (Å²) in [5.41, 5.74) is 1.15. The van der Waals surface area contributed by atoms with Gasteiger partial charge in [0.15, 0.2) is 4.98 Å². The van der Waals surface area contributed by atoms with Crippen molar-refractivity contribution < 1.29 is 27.9 Å². The number of nitrogens with zero attached hydrogens (tertiary/aromatic N) is 2. The van der Waals surface area contributed by atoms with Crippen molar-refractivity contribution in [2.75, 3.05) is 5.32 Å². The number of carbonyl (C=O) groups excluding carboxylic acids is 2. The van der Waals surface area contributed by atoms with Gasteiger partial charge in [-0.1, -0.05) is 0 Å². The summed E-state index contributed by atoms with van der Waals surface area (Å²) in [5.74, 6) is -3.13. The minimum absolute atomic E-state index is 0.122. The average Bonchev–Trinajstić information content (AvgIpc) is 2.28. The summed E-state index contributed by atoms with van der Waals surface area (Å²) < 4.78 is 31.5. The number of amides is 1. The van der Waals surface area contributed by atoms with Crippen molar-refractivity contribution >= 4 is 23.3 Å². The monoisotopic (exact) mass is 275 g/mol. The lowest BCUT2D eigenvalue weighted by Crippen LogP contribution is -2.37. The number of carbonyl (C=O) groups is 2. The van der Waals surface area contributed by atoms with Gasteiger partial charge in [-0.3, -0.25) is 4.79 Å². The van der Waals surface area contributed by atoms with Crippen molar-refractivity contribution in [1.29, 1.82) is 5.39 Å². The number of anilines is 1. The van der Waals surface area contributed by atoms with Crippen molar-refractivity contribution in [1.82, 2.24) is 0 Å². The molecule has 0 aromatic heterocycles. The maximum absolute atomic E-state index is 10.6. The molecule has 0 atom stereocenters. The van der Waals surface area contributed by atoms with Crippen LogP contribution in [0, 0.1) is 5.39 Å². The fourth-order valence-corrected chi connectivity index (χ4v) is 0.815. The molecule has 19 heavy (non-hydrogen) atoms. The molecule has 0 heterocycles. The van der Waals surface area contributed by atoms with Crippen LogP contribution in [0.2, 0.25) is 0 Å². The van der Waals surface area contributed by atoms with E-state index < -0.39 is 12.1 Å². The fourth-order valence-electron chi connectivity index (χ4n) is 0.815. The summed E-state index contributed by atoms with van der Waals surface area (Å²) in [6.45, 7) is 1.43. The largest absolute Gasteiger partial charge is 0.542 e. The molecule has 0 radical (unpaired) electrons. The molecule has 6 nitrogen and oxygen atoms in total. The third-order valence-electron chi connectivity index (χ3n) is 1.53. The number of alkyl halides is 3. The highest BCUT2D eigenvalue weighted by atomic mass is 19.4.